The maximum absolute atomic E-state index is 10.6. The van der Waals surface area contributed by atoms with E-state index < -0.39 is 6.16 Å². The first kappa shape index (κ1) is 8.87. The molecular weight excluding hydrogens is 180 g/mol. The molecule has 3 nitrogen and oxygen atoms in total. The Labute approximate surface area is 74.9 Å². The van der Waals surface area contributed by atoms with E-state index in [9.17, 15) is 4.79 Å². The van der Waals surface area contributed by atoms with Gasteiger partial charge in [0.25, 0.3) is 0 Å². The number of rotatable bonds is 1. The second-order valence-electron chi connectivity index (χ2n) is 1.90. The summed E-state index contributed by atoms with van der Waals surface area (Å²) in [4.78, 5) is 10.6. The molecule has 0 aliphatic heterocycles. The standard InChI is InChI=1S/C8H6ClO3/c1-11-8(10)12-7-5-3-2-4-6(7)9/h2-4H,1H3. The van der Waals surface area contributed by atoms with Gasteiger partial charge >= 0.3 is 6.16 Å². The van der Waals surface area contributed by atoms with Crippen molar-refractivity contribution in [1.29, 1.82) is 0 Å². The predicted molar refractivity (Wildman–Crippen MR) is 43.3 cm³/mol. The minimum atomic E-state index is -0.806. The number of methoxy groups -OCH3 is 1. The van der Waals surface area contributed by atoms with E-state index in [1.807, 2.05) is 0 Å². The van der Waals surface area contributed by atoms with Gasteiger partial charge in [-0.25, -0.2) is 4.79 Å². The summed E-state index contributed by atoms with van der Waals surface area (Å²) in [7, 11) is 1.22. The summed E-state index contributed by atoms with van der Waals surface area (Å²) in [5.41, 5.74) is 0. The highest BCUT2D eigenvalue weighted by Crippen LogP contribution is 2.22. The zero-order valence-electron chi connectivity index (χ0n) is 6.33. The Bertz CT molecular complexity index is 285. The smallest absolute Gasteiger partial charge is 0.437 e. The average molecular weight is 186 g/mol. The van der Waals surface area contributed by atoms with Gasteiger partial charge in [-0.05, 0) is 6.07 Å². The molecule has 0 aliphatic carbocycles. The molecule has 0 aromatic heterocycles. The molecule has 4 heteroatoms. The SMILES string of the molecule is COC(=O)Oc1[c]cccc1Cl. The van der Waals surface area contributed by atoms with Crippen molar-refractivity contribution in [3.63, 3.8) is 0 Å². The molecule has 1 rings (SSSR count). The molecule has 1 aromatic carbocycles. The van der Waals surface area contributed by atoms with Crippen LogP contribution >= 0.6 is 11.6 Å². The van der Waals surface area contributed by atoms with E-state index >= 15 is 0 Å². The predicted octanol–water partition coefficient (Wildman–Crippen LogP) is 2.29. The summed E-state index contributed by atoms with van der Waals surface area (Å²) < 4.78 is 8.91. The second kappa shape index (κ2) is 3.97. The number of para-hydroxylation sites is 1. The molecule has 12 heavy (non-hydrogen) atoms. The van der Waals surface area contributed by atoms with Crippen molar-refractivity contribution >= 4 is 17.8 Å². The Morgan fingerprint density at radius 3 is 3.00 bits per heavy atom. The van der Waals surface area contributed by atoms with E-state index in [0.717, 1.165) is 0 Å². The molecule has 0 N–H and O–H groups in total. The molecule has 0 saturated heterocycles. The van der Waals surface area contributed by atoms with Crippen LogP contribution in [0.5, 0.6) is 5.75 Å². The largest absolute Gasteiger partial charge is 0.513 e. The lowest BCUT2D eigenvalue weighted by Gasteiger charge is -2.02. The molecule has 0 saturated carbocycles. The van der Waals surface area contributed by atoms with Gasteiger partial charge in [0.15, 0.2) is 5.75 Å². The fraction of sp³-hybridized carbons (Fsp3) is 0.125. The van der Waals surface area contributed by atoms with Gasteiger partial charge in [0.2, 0.25) is 0 Å². The summed E-state index contributed by atoms with van der Waals surface area (Å²) in [5.74, 6) is 0.172. The number of halogens is 1. The van der Waals surface area contributed by atoms with E-state index in [-0.39, 0.29) is 5.75 Å². The quantitative estimate of drug-likeness (QED) is 0.498. The summed E-state index contributed by atoms with van der Waals surface area (Å²) in [6.45, 7) is 0. The van der Waals surface area contributed by atoms with E-state index in [0.29, 0.717) is 5.02 Å². The van der Waals surface area contributed by atoms with Crippen LogP contribution in [0.4, 0.5) is 4.79 Å². The molecule has 0 atom stereocenters. The maximum Gasteiger partial charge on any atom is 0.513 e. The number of carbonyl (C=O) groups is 1. The van der Waals surface area contributed by atoms with Gasteiger partial charge in [-0.15, -0.1) is 0 Å². The molecule has 0 bridgehead atoms. The van der Waals surface area contributed by atoms with Crippen LogP contribution in [-0.4, -0.2) is 13.3 Å². The van der Waals surface area contributed by atoms with Gasteiger partial charge in [0, 0.05) is 6.07 Å². The Kier molecular flexibility index (Phi) is 2.94. The zero-order chi connectivity index (χ0) is 8.97. The van der Waals surface area contributed by atoms with Gasteiger partial charge < -0.3 is 9.47 Å². The molecule has 0 amide bonds. The van der Waals surface area contributed by atoms with Crippen molar-refractivity contribution in [2.75, 3.05) is 7.11 Å². The van der Waals surface area contributed by atoms with Gasteiger partial charge in [-0.3, -0.25) is 0 Å². The minimum Gasteiger partial charge on any atom is -0.437 e. The van der Waals surface area contributed by atoms with Crippen molar-refractivity contribution < 1.29 is 14.3 Å². The summed E-state index contributed by atoms with van der Waals surface area (Å²) in [5, 5.41) is 0.322. The molecule has 0 fully saturated rings. The normalized spacial score (nSPS) is 9.17. The van der Waals surface area contributed by atoms with Crippen molar-refractivity contribution in [1.82, 2.24) is 0 Å². The third-order valence-electron chi connectivity index (χ3n) is 1.12. The van der Waals surface area contributed by atoms with Crippen LogP contribution in [-0.2, 0) is 4.74 Å². The van der Waals surface area contributed by atoms with Crippen LogP contribution in [0.2, 0.25) is 5.02 Å². The summed E-state index contributed by atoms with van der Waals surface area (Å²) >= 11 is 5.66. The first-order chi connectivity index (χ1) is 5.74. The van der Waals surface area contributed by atoms with Gasteiger partial charge in [0.1, 0.15) is 0 Å². The number of ether oxygens (including phenoxy) is 2. The lowest BCUT2D eigenvalue weighted by Crippen LogP contribution is -2.07. The monoisotopic (exact) mass is 185 g/mol. The molecule has 63 valence electrons. The van der Waals surface area contributed by atoms with E-state index in [2.05, 4.69) is 15.5 Å². The number of carbonyl (C=O) groups excluding carboxylic acids is 1. The first-order valence-corrected chi connectivity index (χ1v) is 3.54. The zero-order valence-corrected chi connectivity index (χ0v) is 7.09. The minimum absolute atomic E-state index is 0.172. The lowest BCUT2D eigenvalue weighted by atomic mass is 10.3. The average Bonchev–Trinajstić information content (AvgIpc) is 2.09. The van der Waals surface area contributed by atoms with Gasteiger partial charge in [0.05, 0.1) is 12.1 Å². The Morgan fingerprint density at radius 2 is 2.42 bits per heavy atom. The molecule has 1 radical (unpaired) electrons. The lowest BCUT2D eigenvalue weighted by molar-refractivity contribution is 0.121. The summed E-state index contributed by atoms with van der Waals surface area (Å²) in [6.07, 6.45) is -0.806. The number of hydrogen-bond acceptors (Lipinski definition) is 3. The third-order valence-corrected chi connectivity index (χ3v) is 1.42. The van der Waals surface area contributed by atoms with Crippen LogP contribution in [0.15, 0.2) is 18.2 Å². The molecule has 1 aromatic rings. The Morgan fingerprint density at radius 1 is 1.67 bits per heavy atom. The molecule has 0 heterocycles. The maximum atomic E-state index is 10.6. The third kappa shape index (κ3) is 2.13. The highest BCUT2D eigenvalue weighted by atomic mass is 35.5. The Hall–Kier alpha value is -1.22. The van der Waals surface area contributed by atoms with Crippen LogP contribution in [0.1, 0.15) is 0 Å². The molecular formula is C8H6ClO3. The van der Waals surface area contributed by atoms with E-state index in [1.54, 1.807) is 18.2 Å². The number of hydrogen-bond donors (Lipinski definition) is 0. The van der Waals surface area contributed by atoms with Gasteiger partial charge in [-0.1, -0.05) is 23.7 Å². The number of benzene rings is 1. The highest BCUT2D eigenvalue weighted by Gasteiger charge is 2.06. The van der Waals surface area contributed by atoms with Crippen molar-refractivity contribution in [3.8, 4) is 5.75 Å². The molecule has 0 spiro atoms. The van der Waals surface area contributed by atoms with E-state index in [1.165, 1.54) is 7.11 Å². The van der Waals surface area contributed by atoms with E-state index in [4.69, 9.17) is 11.6 Å². The van der Waals surface area contributed by atoms with Gasteiger partial charge in [-0.2, -0.15) is 0 Å². The van der Waals surface area contributed by atoms with Crippen LogP contribution in [0.3, 0.4) is 0 Å². The van der Waals surface area contributed by atoms with Crippen molar-refractivity contribution in [2.24, 2.45) is 0 Å². The Balaban J connectivity index is 2.75. The second-order valence-corrected chi connectivity index (χ2v) is 2.31. The molecule has 0 aliphatic rings. The fourth-order valence-corrected chi connectivity index (χ4v) is 0.770. The first-order valence-electron chi connectivity index (χ1n) is 3.16. The van der Waals surface area contributed by atoms with Crippen LogP contribution in [0.25, 0.3) is 0 Å². The summed E-state index contributed by atoms with van der Waals surface area (Å²) in [6, 6.07) is 7.51. The highest BCUT2D eigenvalue weighted by molar-refractivity contribution is 6.32. The van der Waals surface area contributed by atoms with Crippen LogP contribution < -0.4 is 4.74 Å². The molecule has 0 unspecified atom stereocenters. The van der Waals surface area contributed by atoms with Crippen molar-refractivity contribution in [3.05, 3.63) is 29.3 Å². The van der Waals surface area contributed by atoms with Crippen LogP contribution in [0, 0.1) is 6.07 Å². The fourth-order valence-electron chi connectivity index (χ4n) is 0.604. The topological polar surface area (TPSA) is 35.5 Å². The van der Waals surface area contributed by atoms with Crippen molar-refractivity contribution in [2.45, 2.75) is 0 Å².